The zero-order chi connectivity index (χ0) is 21.0. The lowest BCUT2D eigenvalue weighted by atomic mass is 10.2. The molecule has 29 heavy (non-hydrogen) atoms. The normalized spacial score (nSPS) is 11.3. The smallest absolute Gasteiger partial charge is 0.257 e. The Balaban J connectivity index is 1.76. The lowest BCUT2D eigenvalue weighted by Crippen LogP contribution is -2.20. The number of hydrogen-bond donors (Lipinski definition) is 1. The molecule has 0 saturated carbocycles. The number of anilines is 1. The Morgan fingerprint density at radius 2 is 1.72 bits per heavy atom. The maximum Gasteiger partial charge on any atom is 0.257 e. The van der Waals surface area contributed by atoms with Crippen molar-refractivity contribution in [2.45, 2.75) is 24.0 Å². The summed E-state index contributed by atoms with van der Waals surface area (Å²) in [5.74, 6) is -0.247. The number of pyridine rings is 1. The van der Waals surface area contributed by atoms with Crippen molar-refractivity contribution in [1.82, 2.24) is 4.98 Å². The van der Waals surface area contributed by atoms with Gasteiger partial charge in [-0.25, -0.2) is 17.8 Å². The van der Waals surface area contributed by atoms with Crippen LogP contribution < -0.4 is 10.1 Å². The Kier molecular flexibility index (Phi) is 5.93. The van der Waals surface area contributed by atoms with Gasteiger partial charge in [-0.2, -0.15) is 0 Å². The molecule has 0 aliphatic carbocycles. The number of nitrogens with zero attached hydrogens (tertiary/aromatic N) is 1. The number of carbonyl (C=O) groups is 1. The summed E-state index contributed by atoms with van der Waals surface area (Å²) in [5, 5.41) is 1.99. The van der Waals surface area contributed by atoms with Gasteiger partial charge < -0.3 is 10.1 Å². The number of amides is 1. The molecule has 0 aliphatic heterocycles. The molecule has 0 radical (unpaired) electrons. The molecule has 3 rings (SSSR count). The van der Waals surface area contributed by atoms with Gasteiger partial charge in [0.15, 0.2) is 9.84 Å². The van der Waals surface area contributed by atoms with Crippen LogP contribution in [0.25, 0.3) is 0 Å². The van der Waals surface area contributed by atoms with Crippen molar-refractivity contribution in [1.29, 1.82) is 0 Å². The van der Waals surface area contributed by atoms with Gasteiger partial charge in [0, 0.05) is 6.07 Å². The van der Waals surface area contributed by atoms with Crippen LogP contribution in [0.5, 0.6) is 11.6 Å². The van der Waals surface area contributed by atoms with Gasteiger partial charge >= 0.3 is 0 Å². The SMILES string of the molecule is CC(C)S(=O)(=O)c1ccccc1C(=O)Nc1ccc(Oc2ccc(F)cc2)nc1. The Bertz CT molecular complexity index is 1110. The molecule has 0 bridgehead atoms. The molecule has 150 valence electrons. The van der Waals surface area contributed by atoms with Crippen LogP contribution in [0.2, 0.25) is 0 Å². The third-order valence-electron chi connectivity index (χ3n) is 4.09. The first-order valence-corrected chi connectivity index (χ1v) is 10.4. The molecule has 1 N–H and O–H groups in total. The summed E-state index contributed by atoms with van der Waals surface area (Å²) in [7, 11) is -3.61. The average molecular weight is 414 g/mol. The fourth-order valence-electron chi connectivity index (χ4n) is 2.49. The van der Waals surface area contributed by atoms with Gasteiger partial charge in [0.2, 0.25) is 5.88 Å². The third kappa shape index (κ3) is 4.78. The zero-order valence-corrected chi connectivity index (χ0v) is 16.6. The van der Waals surface area contributed by atoms with E-state index < -0.39 is 21.0 Å². The van der Waals surface area contributed by atoms with Crippen molar-refractivity contribution in [3.8, 4) is 11.6 Å². The summed E-state index contributed by atoms with van der Waals surface area (Å²) in [6.07, 6.45) is 1.39. The van der Waals surface area contributed by atoms with Gasteiger partial charge in [0.1, 0.15) is 11.6 Å². The molecule has 6 nitrogen and oxygen atoms in total. The number of halogens is 1. The second-order valence-electron chi connectivity index (χ2n) is 6.49. The minimum atomic E-state index is -3.61. The summed E-state index contributed by atoms with van der Waals surface area (Å²) < 4.78 is 43.5. The molecule has 0 saturated heterocycles. The summed E-state index contributed by atoms with van der Waals surface area (Å²) in [5.41, 5.74) is 0.436. The minimum absolute atomic E-state index is 0.0169. The van der Waals surface area contributed by atoms with E-state index in [1.54, 1.807) is 32.0 Å². The van der Waals surface area contributed by atoms with E-state index in [2.05, 4.69) is 10.3 Å². The quantitative estimate of drug-likeness (QED) is 0.644. The molecule has 0 fully saturated rings. The number of hydrogen-bond acceptors (Lipinski definition) is 5. The van der Waals surface area contributed by atoms with E-state index in [4.69, 9.17) is 4.74 Å². The van der Waals surface area contributed by atoms with E-state index in [1.807, 2.05) is 0 Å². The van der Waals surface area contributed by atoms with Gasteiger partial charge in [0.05, 0.1) is 27.6 Å². The molecule has 2 aromatic carbocycles. The molecular formula is C21H19FN2O4S. The molecule has 8 heteroatoms. The fourth-order valence-corrected chi connectivity index (χ4v) is 3.74. The van der Waals surface area contributed by atoms with Crippen LogP contribution in [0.15, 0.2) is 71.8 Å². The maximum atomic E-state index is 12.9. The maximum absolute atomic E-state index is 12.9. The number of carbonyl (C=O) groups excluding carboxylic acids is 1. The number of ether oxygens (including phenoxy) is 1. The Morgan fingerprint density at radius 1 is 1.03 bits per heavy atom. The number of benzene rings is 2. The highest BCUT2D eigenvalue weighted by Crippen LogP contribution is 2.23. The van der Waals surface area contributed by atoms with Crippen molar-refractivity contribution >= 4 is 21.4 Å². The number of sulfone groups is 1. The standard InChI is InChI=1S/C21H19FN2O4S/c1-14(2)29(26,27)19-6-4-3-5-18(19)21(25)24-16-9-12-20(23-13-16)28-17-10-7-15(22)8-11-17/h3-14H,1-2H3,(H,24,25). The fraction of sp³-hybridized carbons (Fsp3) is 0.143. The average Bonchev–Trinajstić information content (AvgIpc) is 2.71. The zero-order valence-electron chi connectivity index (χ0n) is 15.8. The van der Waals surface area contributed by atoms with Gasteiger partial charge in [-0.05, 0) is 56.3 Å². The molecule has 0 aliphatic rings. The highest BCUT2D eigenvalue weighted by atomic mass is 32.2. The highest BCUT2D eigenvalue weighted by Gasteiger charge is 2.25. The molecule has 3 aromatic rings. The highest BCUT2D eigenvalue weighted by molar-refractivity contribution is 7.92. The second-order valence-corrected chi connectivity index (χ2v) is 8.96. The first kappa shape index (κ1) is 20.5. The largest absolute Gasteiger partial charge is 0.439 e. The third-order valence-corrected chi connectivity index (χ3v) is 6.30. The van der Waals surface area contributed by atoms with E-state index in [0.717, 1.165) is 0 Å². The van der Waals surface area contributed by atoms with E-state index in [-0.39, 0.29) is 22.2 Å². The molecular weight excluding hydrogens is 395 g/mol. The van der Waals surface area contributed by atoms with Crippen LogP contribution >= 0.6 is 0 Å². The van der Waals surface area contributed by atoms with Gasteiger partial charge in [0.25, 0.3) is 5.91 Å². The summed E-state index contributed by atoms with van der Waals surface area (Å²) in [4.78, 5) is 16.7. The number of nitrogens with one attached hydrogen (secondary N) is 1. The van der Waals surface area contributed by atoms with Crippen LogP contribution in [0.3, 0.4) is 0 Å². The Morgan fingerprint density at radius 3 is 2.34 bits per heavy atom. The lowest BCUT2D eigenvalue weighted by molar-refractivity contribution is 0.102. The summed E-state index contributed by atoms with van der Waals surface area (Å²) in [6, 6.07) is 14.7. The van der Waals surface area contributed by atoms with Crippen LogP contribution in [0.1, 0.15) is 24.2 Å². The molecule has 0 unspecified atom stereocenters. The van der Waals surface area contributed by atoms with E-state index in [0.29, 0.717) is 11.4 Å². The first-order chi connectivity index (χ1) is 13.8. The molecule has 0 atom stereocenters. The lowest BCUT2D eigenvalue weighted by Gasteiger charge is -2.13. The van der Waals surface area contributed by atoms with Gasteiger partial charge in [-0.1, -0.05) is 12.1 Å². The first-order valence-electron chi connectivity index (χ1n) is 8.81. The Hall–Kier alpha value is -3.26. The van der Waals surface area contributed by atoms with Crippen LogP contribution in [0.4, 0.5) is 10.1 Å². The van der Waals surface area contributed by atoms with Crippen molar-refractivity contribution < 1.29 is 22.3 Å². The number of rotatable bonds is 6. The molecule has 1 amide bonds. The molecule has 1 aromatic heterocycles. The summed E-state index contributed by atoms with van der Waals surface area (Å²) in [6.45, 7) is 3.13. The van der Waals surface area contributed by atoms with E-state index in [9.17, 15) is 17.6 Å². The molecule has 1 heterocycles. The topological polar surface area (TPSA) is 85.4 Å². The van der Waals surface area contributed by atoms with E-state index in [1.165, 1.54) is 48.7 Å². The van der Waals surface area contributed by atoms with Crippen molar-refractivity contribution in [3.63, 3.8) is 0 Å². The van der Waals surface area contributed by atoms with Gasteiger partial charge in [-0.15, -0.1) is 0 Å². The number of aromatic nitrogens is 1. The van der Waals surface area contributed by atoms with Crippen molar-refractivity contribution in [3.05, 3.63) is 78.2 Å². The van der Waals surface area contributed by atoms with Crippen molar-refractivity contribution in [2.24, 2.45) is 0 Å². The Labute approximate surface area is 168 Å². The van der Waals surface area contributed by atoms with Gasteiger partial charge in [-0.3, -0.25) is 4.79 Å². The van der Waals surface area contributed by atoms with Crippen LogP contribution in [-0.2, 0) is 9.84 Å². The van der Waals surface area contributed by atoms with Crippen LogP contribution in [0, 0.1) is 5.82 Å². The predicted molar refractivity (Wildman–Crippen MR) is 107 cm³/mol. The summed E-state index contributed by atoms with van der Waals surface area (Å²) >= 11 is 0. The minimum Gasteiger partial charge on any atom is -0.439 e. The predicted octanol–water partition coefficient (Wildman–Crippen LogP) is 4.45. The molecule has 0 spiro atoms. The van der Waals surface area contributed by atoms with Crippen LogP contribution in [-0.4, -0.2) is 24.6 Å². The van der Waals surface area contributed by atoms with Crippen molar-refractivity contribution in [2.75, 3.05) is 5.32 Å². The van der Waals surface area contributed by atoms with E-state index >= 15 is 0 Å². The monoisotopic (exact) mass is 414 g/mol. The second kappa shape index (κ2) is 8.40.